The Balaban J connectivity index is 2.02. The van der Waals surface area contributed by atoms with Crippen LogP contribution in [-0.4, -0.2) is 29.9 Å². The first-order valence-corrected chi connectivity index (χ1v) is 7.38. The van der Waals surface area contributed by atoms with Crippen molar-refractivity contribution in [3.63, 3.8) is 0 Å². The average Bonchev–Trinajstić information content (AvgIpc) is 2.67. The molecule has 0 aromatic heterocycles. The van der Waals surface area contributed by atoms with E-state index in [1.807, 2.05) is 6.08 Å². The molecule has 0 saturated heterocycles. The van der Waals surface area contributed by atoms with Gasteiger partial charge in [0.1, 0.15) is 19.4 Å². The number of hydrogen-bond acceptors (Lipinski definition) is 3. The largest absolute Gasteiger partial charge is 0.301 e. The second kappa shape index (κ2) is 6.37. The Morgan fingerprint density at radius 2 is 1.89 bits per heavy atom. The van der Waals surface area contributed by atoms with E-state index in [0.717, 1.165) is 18.7 Å². The molecule has 1 fully saturated rings. The van der Waals surface area contributed by atoms with Crippen molar-refractivity contribution in [2.45, 2.75) is 57.7 Å². The van der Waals surface area contributed by atoms with Gasteiger partial charge in [0, 0.05) is 0 Å². The number of amidine groups is 1. The molecule has 1 amide bonds. The van der Waals surface area contributed by atoms with Crippen LogP contribution < -0.4 is 0 Å². The lowest BCUT2D eigenvalue weighted by atomic mass is 9.80. The number of carbonyl (C=O) groups excluding carboxylic acids is 1. The molecule has 4 nitrogen and oxygen atoms in total. The minimum absolute atomic E-state index is 0.368. The molecule has 0 radical (unpaired) electrons. The topological polar surface area (TPSA) is 52.9 Å². The summed E-state index contributed by atoms with van der Waals surface area (Å²) in [6, 6.07) is 0. The van der Waals surface area contributed by atoms with Crippen LogP contribution in [0.1, 0.15) is 51.9 Å². The zero-order valence-corrected chi connectivity index (χ0v) is 11.9. The van der Waals surface area contributed by atoms with Crippen LogP contribution in [0.5, 0.6) is 0 Å². The highest BCUT2D eigenvalue weighted by atomic mass is 16.5. The maximum atomic E-state index is 11.8. The standard InChI is InChI=1S/C14H23BN2O2/c1-10-16-13(14(18)17(10)19)9-11-5-2-3-7-12(15)8-4-6-11/h9,11-12,19H,2-8,15H2,1H3/b13-9-. The highest BCUT2D eigenvalue weighted by Crippen LogP contribution is 2.28. The molecule has 1 aliphatic carbocycles. The van der Waals surface area contributed by atoms with E-state index in [-0.39, 0.29) is 5.91 Å². The van der Waals surface area contributed by atoms with Crippen LogP contribution in [0.25, 0.3) is 0 Å². The lowest BCUT2D eigenvalue weighted by Gasteiger charge is -2.11. The highest BCUT2D eigenvalue weighted by molar-refractivity contribution is 6.11. The van der Waals surface area contributed by atoms with Crippen molar-refractivity contribution >= 4 is 19.6 Å². The average molecular weight is 262 g/mol. The zero-order valence-electron chi connectivity index (χ0n) is 11.9. The van der Waals surface area contributed by atoms with Crippen molar-refractivity contribution in [1.82, 2.24) is 5.06 Å². The van der Waals surface area contributed by atoms with E-state index in [9.17, 15) is 10.0 Å². The van der Waals surface area contributed by atoms with Crippen LogP contribution >= 0.6 is 0 Å². The molecule has 1 aliphatic heterocycles. The number of carbonyl (C=O) groups is 1. The van der Waals surface area contributed by atoms with E-state index < -0.39 is 0 Å². The molecule has 19 heavy (non-hydrogen) atoms. The van der Waals surface area contributed by atoms with Crippen molar-refractivity contribution in [3.05, 3.63) is 11.8 Å². The van der Waals surface area contributed by atoms with Crippen molar-refractivity contribution < 1.29 is 10.0 Å². The molecular weight excluding hydrogens is 239 g/mol. The summed E-state index contributed by atoms with van der Waals surface area (Å²) in [5.74, 6) is 1.23. The molecule has 0 aromatic rings. The smallest absolute Gasteiger partial charge is 0.280 e. The Morgan fingerprint density at radius 3 is 2.58 bits per heavy atom. The predicted molar refractivity (Wildman–Crippen MR) is 77.9 cm³/mol. The number of nitrogens with zero attached hydrogens (tertiary/aromatic N) is 2. The SMILES string of the molecule is BC1CCCCC(/C=C2\N=C(C)N(O)C2=O)CCC1. The van der Waals surface area contributed by atoms with Crippen LogP contribution in [0, 0.1) is 5.92 Å². The molecule has 104 valence electrons. The maximum absolute atomic E-state index is 11.8. The predicted octanol–water partition coefficient (Wildman–Crippen LogP) is 2.30. The molecule has 2 atom stereocenters. The summed E-state index contributed by atoms with van der Waals surface area (Å²) in [7, 11) is 2.33. The quantitative estimate of drug-likeness (QED) is 0.448. The maximum Gasteiger partial charge on any atom is 0.301 e. The summed E-state index contributed by atoms with van der Waals surface area (Å²) in [6.45, 7) is 1.64. The van der Waals surface area contributed by atoms with Gasteiger partial charge in [0.05, 0.1) is 0 Å². The van der Waals surface area contributed by atoms with Gasteiger partial charge in [-0.3, -0.25) is 10.0 Å². The van der Waals surface area contributed by atoms with Crippen LogP contribution in [-0.2, 0) is 4.79 Å². The van der Waals surface area contributed by atoms with Gasteiger partial charge in [0.15, 0.2) is 0 Å². The first-order chi connectivity index (χ1) is 9.08. The molecule has 5 heteroatoms. The normalized spacial score (nSPS) is 31.9. The van der Waals surface area contributed by atoms with Gasteiger partial charge in [0.25, 0.3) is 0 Å². The summed E-state index contributed by atoms with van der Waals surface area (Å²) in [6.07, 6.45) is 10.5. The van der Waals surface area contributed by atoms with E-state index in [0.29, 0.717) is 22.5 Å². The third-order valence-corrected chi connectivity index (χ3v) is 4.19. The van der Waals surface area contributed by atoms with Crippen molar-refractivity contribution in [2.75, 3.05) is 0 Å². The number of hydroxylamine groups is 2. The first-order valence-electron chi connectivity index (χ1n) is 7.38. The molecule has 2 rings (SSSR count). The number of aliphatic imine (C=N–C) groups is 1. The second-order valence-corrected chi connectivity index (χ2v) is 5.91. The molecule has 2 aliphatic rings. The molecule has 1 saturated carbocycles. The van der Waals surface area contributed by atoms with E-state index >= 15 is 0 Å². The van der Waals surface area contributed by atoms with Gasteiger partial charge in [-0.1, -0.05) is 37.9 Å². The molecule has 0 aromatic carbocycles. The van der Waals surface area contributed by atoms with Crippen LogP contribution in [0.2, 0.25) is 5.82 Å². The highest BCUT2D eigenvalue weighted by Gasteiger charge is 2.27. The molecule has 2 unspecified atom stereocenters. The summed E-state index contributed by atoms with van der Waals surface area (Å²) in [5, 5.41) is 10.1. The molecule has 1 N–H and O–H groups in total. The third kappa shape index (κ3) is 3.69. The molecule has 0 bridgehead atoms. The Morgan fingerprint density at radius 1 is 1.26 bits per heavy atom. The summed E-state index contributed by atoms with van der Waals surface area (Å²) >= 11 is 0. The van der Waals surface area contributed by atoms with Crippen LogP contribution in [0.3, 0.4) is 0 Å². The van der Waals surface area contributed by atoms with Gasteiger partial charge >= 0.3 is 5.91 Å². The van der Waals surface area contributed by atoms with Gasteiger partial charge in [-0.2, -0.15) is 5.06 Å². The Hall–Kier alpha value is -1.10. The molecule has 1 heterocycles. The number of rotatable bonds is 1. The fourth-order valence-electron chi connectivity index (χ4n) is 2.94. The monoisotopic (exact) mass is 262 g/mol. The number of allylic oxidation sites excluding steroid dienone is 1. The van der Waals surface area contributed by atoms with E-state index in [1.54, 1.807) is 6.92 Å². The van der Waals surface area contributed by atoms with E-state index in [2.05, 4.69) is 12.8 Å². The van der Waals surface area contributed by atoms with Gasteiger partial charge in [-0.05, 0) is 31.8 Å². The number of hydrogen-bond donors (Lipinski definition) is 1. The molecular formula is C14H23BN2O2. The van der Waals surface area contributed by atoms with E-state index in [4.69, 9.17) is 0 Å². The minimum Gasteiger partial charge on any atom is -0.280 e. The summed E-state index contributed by atoms with van der Waals surface area (Å²) in [5.41, 5.74) is 0.414. The fraction of sp³-hybridized carbons (Fsp3) is 0.714. The Bertz CT molecular complexity index is 406. The van der Waals surface area contributed by atoms with Crippen LogP contribution in [0.15, 0.2) is 16.8 Å². The fourth-order valence-corrected chi connectivity index (χ4v) is 2.94. The summed E-state index contributed by atoms with van der Waals surface area (Å²) in [4.78, 5) is 15.9. The van der Waals surface area contributed by atoms with Gasteiger partial charge in [0.2, 0.25) is 0 Å². The summed E-state index contributed by atoms with van der Waals surface area (Å²) < 4.78 is 0. The zero-order chi connectivity index (χ0) is 13.8. The third-order valence-electron chi connectivity index (χ3n) is 4.19. The van der Waals surface area contributed by atoms with Crippen molar-refractivity contribution in [2.24, 2.45) is 10.9 Å². The van der Waals surface area contributed by atoms with Crippen molar-refractivity contribution in [3.8, 4) is 0 Å². The number of amides is 1. The first kappa shape index (κ1) is 14.3. The van der Waals surface area contributed by atoms with Gasteiger partial charge in [-0.15, -0.1) is 0 Å². The van der Waals surface area contributed by atoms with Gasteiger partial charge in [-0.25, -0.2) is 4.99 Å². The minimum atomic E-state index is -0.384. The molecule has 0 spiro atoms. The second-order valence-electron chi connectivity index (χ2n) is 5.91. The lowest BCUT2D eigenvalue weighted by molar-refractivity contribution is -0.143. The van der Waals surface area contributed by atoms with Crippen molar-refractivity contribution in [1.29, 1.82) is 0 Å². The van der Waals surface area contributed by atoms with Crippen LogP contribution in [0.4, 0.5) is 0 Å². The van der Waals surface area contributed by atoms with E-state index in [1.165, 1.54) is 32.1 Å². The Labute approximate surface area is 115 Å². The Kier molecular flexibility index (Phi) is 4.80. The van der Waals surface area contributed by atoms with Gasteiger partial charge < -0.3 is 0 Å². The lowest BCUT2D eigenvalue weighted by Crippen LogP contribution is -2.26.